The molecule has 3 aromatic rings. The van der Waals surface area contributed by atoms with Gasteiger partial charge < -0.3 is 4.52 Å². The van der Waals surface area contributed by atoms with Crippen LogP contribution in [-0.4, -0.2) is 40.9 Å². The average molecular weight is 431 g/mol. The number of sulfonamides is 1. The van der Waals surface area contributed by atoms with Crippen molar-refractivity contribution in [3.05, 3.63) is 60.2 Å². The maximum atomic E-state index is 15.8. The van der Waals surface area contributed by atoms with Crippen LogP contribution in [0.5, 0.6) is 0 Å². The molecule has 7 nitrogen and oxygen atoms in total. The summed E-state index contributed by atoms with van der Waals surface area (Å²) in [4.78, 5) is 8.32. The maximum absolute atomic E-state index is 15.8. The van der Waals surface area contributed by atoms with Crippen LogP contribution >= 0.6 is 0 Å². The van der Waals surface area contributed by atoms with E-state index < -0.39 is 15.7 Å². The summed E-state index contributed by atoms with van der Waals surface area (Å²) in [5.41, 5.74) is -0.403. The number of hydrogen-bond donors (Lipinski definition) is 0. The molecule has 1 saturated heterocycles. The summed E-state index contributed by atoms with van der Waals surface area (Å²) in [5, 5.41) is 3.84. The molecule has 0 N–H and O–H groups in total. The summed E-state index contributed by atoms with van der Waals surface area (Å²) in [6.45, 7) is 3.95. The third-order valence-corrected chi connectivity index (χ3v) is 7.18. The van der Waals surface area contributed by atoms with Crippen molar-refractivity contribution in [2.45, 2.75) is 43.2 Å². The quantitative estimate of drug-likeness (QED) is 0.610. The lowest BCUT2D eigenvalue weighted by Gasteiger charge is -2.34. The van der Waals surface area contributed by atoms with E-state index in [0.717, 1.165) is 9.87 Å². The summed E-state index contributed by atoms with van der Waals surface area (Å²) in [6.07, 6.45) is 3.63. The molecule has 0 spiro atoms. The highest BCUT2D eigenvalue weighted by atomic mass is 32.2. The van der Waals surface area contributed by atoms with Crippen molar-refractivity contribution in [1.29, 1.82) is 0 Å². The van der Waals surface area contributed by atoms with Crippen LogP contribution in [0.1, 0.15) is 44.1 Å². The molecule has 0 bridgehead atoms. The Morgan fingerprint density at radius 3 is 2.63 bits per heavy atom. The Labute approximate surface area is 175 Å². The van der Waals surface area contributed by atoms with Crippen LogP contribution in [0.4, 0.5) is 4.39 Å². The van der Waals surface area contributed by atoms with Gasteiger partial charge in [-0.1, -0.05) is 31.1 Å². The summed E-state index contributed by atoms with van der Waals surface area (Å²) in [6, 6.07) is 10.2. The monoisotopic (exact) mass is 430 g/mol. The van der Waals surface area contributed by atoms with Crippen molar-refractivity contribution in [1.82, 2.24) is 19.4 Å². The number of aromatic nitrogens is 3. The topological polar surface area (TPSA) is 89.2 Å². The highest BCUT2D eigenvalue weighted by Gasteiger charge is 2.46. The van der Waals surface area contributed by atoms with Crippen molar-refractivity contribution >= 4 is 10.0 Å². The van der Waals surface area contributed by atoms with Crippen LogP contribution in [0.2, 0.25) is 0 Å². The van der Waals surface area contributed by atoms with E-state index in [0.29, 0.717) is 17.9 Å². The molecule has 4 rings (SSSR count). The summed E-state index contributed by atoms with van der Waals surface area (Å²) < 4.78 is 48.3. The van der Waals surface area contributed by atoms with Gasteiger partial charge in [0.2, 0.25) is 21.5 Å². The molecule has 1 unspecified atom stereocenters. The van der Waals surface area contributed by atoms with Crippen molar-refractivity contribution < 1.29 is 17.3 Å². The van der Waals surface area contributed by atoms with Crippen LogP contribution in [-0.2, 0) is 15.7 Å². The maximum Gasteiger partial charge on any atom is 0.266 e. The van der Waals surface area contributed by atoms with Gasteiger partial charge in [-0.15, -0.1) is 0 Å². The SMILES string of the molecule is CC(C)c1ccc(S(=O)(=O)N2CCCC(F)(c3nc(-c4cccnc4)no3)C2)cc1. The van der Waals surface area contributed by atoms with Gasteiger partial charge in [-0.05, 0) is 48.6 Å². The van der Waals surface area contributed by atoms with E-state index in [9.17, 15) is 8.42 Å². The number of alkyl halides is 1. The van der Waals surface area contributed by atoms with E-state index in [1.54, 1.807) is 48.8 Å². The van der Waals surface area contributed by atoms with Crippen molar-refractivity contribution in [2.24, 2.45) is 0 Å². The molecule has 0 aliphatic carbocycles. The smallest absolute Gasteiger partial charge is 0.266 e. The lowest BCUT2D eigenvalue weighted by atomic mass is 9.96. The number of nitrogens with zero attached hydrogens (tertiary/aromatic N) is 4. The molecule has 0 saturated carbocycles. The Hall–Kier alpha value is -2.65. The molecule has 3 heterocycles. The number of piperidine rings is 1. The molecule has 1 aliphatic heterocycles. The fourth-order valence-corrected chi connectivity index (χ4v) is 5.07. The minimum absolute atomic E-state index is 0.111. The largest absolute Gasteiger partial charge is 0.335 e. The standard InChI is InChI=1S/C21H23FN4O3S/c1-15(2)16-6-8-18(9-7-16)30(27,28)26-12-4-10-21(22,14-26)20-24-19(25-29-20)17-5-3-11-23-13-17/h3,5-9,11,13,15H,4,10,12,14H2,1-2H3. The Morgan fingerprint density at radius 2 is 1.97 bits per heavy atom. The first kappa shape index (κ1) is 20.6. The highest BCUT2D eigenvalue weighted by Crippen LogP contribution is 2.37. The van der Waals surface area contributed by atoms with Gasteiger partial charge >= 0.3 is 0 Å². The first-order valence-corrected chi connectivity index (χ1v) is 11.3. The predicted octanol–water partition coefficient (Wildman–Crippen LogP) is 3.90. The van der Waals surface area contributed by atoms with Crippen LogP contribution < -0.4 is 0 Å². The number of hydrogen-bond acceptors (Lipinski definition) is 6. The van der Waals surface area contributed by atoms with Crippen LogP contribution in [0, 0.1) is 0 Å². The zero-order valence-electron chi connectivity index (χ0n) is 16.8. The predicted molar refractivity (Wildman–Crippen MR) is 109 cm³/mol. The fraction of sp³-hybridized carbons (Fsp3) is 0.381. The van der Waals surface area contributed by atoms with Gasteiger partial charge in [0.1, 0.15) is 0 Å². The van der Waals surface area contributed by atoms with Gasteiger partial charge in [-0.2, -0.15) is 9.29 Å². The Morgan fingerprint density at radius 1 is 1.20 bits per heavy atom. The average Bonchev–Trinajstić information content (AvgIpc) is 3.26. The number of benzene rings is 1. The summed E-state index contributed by atoms with van der Waals surface area (Å²) >= 11 is 0. The molecular weight excluding hydrogens is 407 g/mol. The molecule has 2 aromatic heterocycles. The zero-order chi connectivity index (χ0) is 21.4. The number of rotatable bonds is 5. The molecule has 9 heteroatoms. The Kier molecular flexibility index (Phi) is 5.42. The Balaban J connectivity index is 1.58. The van der Waals surface area contributed by atoms with Crippen molar-refractivity contribution in [3.63, 3.8) is 0 Å². The normalized spacial score (nSPS) is 20.5. The number of halogens is 1. The van der Waals surface area contributed by atoms with E-state index in [-0.39, 0.29) is 36.1 Å². The summed E-state index contributed by atoms with van der Waals surface area (Å²) in [7, 11) is -3.84. The van der Waals surface area contributed by atoms with E-state index in [2.05, 4.69) is 15.1 Å². The van der Waals surface area contributed by atoms with Gasteiger partial charge in [-0.3, -0.25) is 4.98 Å². The van der Waals surface area contributed by atoms with Crippen molar-refractivity contribution in [3.8, 4) is 11.4 Å². The molecule has 30 heavy (non-hydrogen) atoms. The van der Waals surface area contributed by atoms with E-state index in [1.807, 2.05) is 13.8 Å². The molecule has 1 fully saturated rings. The third kappa shape index (κ3) is 3.87. The molecule has 1 aliphatic rings. The highest BCUT2D eigenvalue weighted by molar-refractivity contribution is 7.89. The lowest BCUT2D eigenvalue weighted by Crippen LogP contribution is -2.46. The Bertz CT molecular complexity index is 1120. The number of pyridine rings is 1. The van der Waals surface area contributed by atoms with Gasteiger partial charge in [0.15, 0.2) is 0 Å². The molecule has 1 aromatic carbocycles. The zero-order valence-corrected chi connectivity index (χ0v) is 17.6. The minimum Gasteiger partial charge on any atom is -0.335 e. The molecule has 1 atom stereocenters. The minimum atomic E-state index is -3.84. The van der Waals surface area contributed by atoms with E-state index in [1.165, 1.54) is 0 Å². The first-order valence-electron chi connectivity index (χ1n) is 9.83. The lowest BCUT2D eigenvalue weighted by molar-refractivity contribution is 0.0470. The van der Waals surface area contributed by atoms with Crippen LogP contribution in [0.3, 0.4) is 0 Å². The van der Waals surface area contributed by atoms with Gasteiger partial charge in [0.25, 0.3) is 5.89 Å². The summed E-state index contributed by atoms with van der Waals surface area (Å²) in [5.74, 6) is 0.303. The second-order valence-electron chi connectivity index (χ2n) is 7.80. The molecular formula is C21H23FN4O3S. The van der Waals surface area contributed by atoms with E-state index in [4.69, 9.17) is 4.52 Å². The first-order chi connectivity index (χ1) is 14.3. The van der Waals surface area contributed by atoms with Gasteiger partial charge in [0.05, 0.1) is 11.4 Å². The van der Waals surface area contributed by atoms with E-state index >= 15 is 4.39 Å². The van der Waals surface area contributed by atoms with Crippen LogP contribution in [0.15, 0.2) is 58.2 Å². The van der Waals surface area contributed by atoms with Crippen LogP contribution in [0.25, 0.3) is 11.4 Å². The fourth-order valence-electron chi connectivity index (χ4n) is 3.54. The van der Waals surface area contributed by atoms with Gasteiger partial charge in [-0.25, -0.2) is 12.8 Å². The van der Waals surface area contributed by atoms with Crippen molar-refractivity contribution in [2.75, 3.05) is 13.1 Å². The molecule has 0 radical (unpaired) electrons. The molecule has 0 amide bonds. The second-order valence-corrected chi connectivity index (χ2v) is 9.73. The molecule has 158 valence electrons. The van der Waals surface area contributed by atoms with Gasteiger partial charge in [0, 0.05) is 24.5 Å². The third-order valence-electron chi connectivity index (χ3n) is 5.32. The second kappa shape index (κ2) is 7.88.